The zero-order chi connectivity index (χ0) is 19.9. The van der Waals surface area contributed by atoms with E-state index in [0.717, 1.165) is 24.2 Å². The minimum absolute atomic E-state index is 0.0188. The van der Waals surface area contributed by atoms with Crippen LogP contribution in [0.4, 0.5) is 4.79 Å². The van der Waals surface area contributed by atoms with Crippen LogP contribution in [0.15, 0.2) is 16.2 Å². The van der Waals surface area contributed by atoms with Crippen molar-refractivity contribution in [3.63, 3.8) is 0 Å². The van der Waals surface area contributed by atoms with Crippen LogP contribution < -0.4 is 10.9 Å². The van der Waals surface area contributed by atoms with E-state index < -0.39 is 24.1 Å². The average molecular weight is 404 g/mol. The molecule has 3 heterocycles. The lowest BCUT2D eigenvalue weighted by Crippen LogP contribution is -2.54. The molecule has 10 heteroatoms. The Hall–Kier alpha value is -2.75. The number of amides is 3. The van der Waals surface area contributed by atoms with E-state index in [0.29, 0.717) is 16.6 Å². The maximum Gasteiger partial charge on any atom is 0.326 e. The molecular formula is C18H20N4O5S. The highest BCUT2D eigenvalue weighted by atomic mass is 32.1. The molecule has 2 aromatic rings. The number of hydrogen-bond acceptors (Lipinski definition) is 7. The molecule has 148 valence electrons. The van der Waals surface area contributed by atoms with Crippen molar-refractivity contribution in [1.29, 1.82) is 0 Å². The molecule has 2 N–H and O–H groups in total. The standard InChI is InChI=1S/C18H20N4O5S/c1-10-4-2-3-6-18(10)16(25)22(17(26)21-18)8-13(23)27-9-12-19-11-5-7-28-14(11)15(24)20-12/h5,7,10H,2-4,6,8-9H2,1H3,(H,21,26)(H,19,20,24)/t10-,18+/m0/s1. The summed E-state index contributed by atoms with van der Waals surface area (Å²) in [6, 6.07) is 1.14. The number of hydrogen-bond donors (Lipinski definition) is 2. The second-order valence-corrected chi connectivity index (χ2v) is 8.16. The second-order valence-electron chi connectivity index (χ2n) is 7.25. The summed E-state index contributed by atoms with van der Waals surface area (Å²) in [6.45, 7) is 1.23. The van der Waals surface area contributed by atoms with Crippen molar-refractivity contribution in [2.45, 2.75) is 44.8 Å². The Balaban J connectivity index is 1.41. The molecule has 9 nitrogen and oxygen atoms in total. The molecule has 1 saturated carbocycles. The van der Waals surface area contributed by atoms with Crippen LogP contribution in [0.1, 0.15) is 38.4 Å². The van der Waals surface area contributed by atoms with Gasteiger partial charge in [-0.2, -0.15) is 0 Å². The van der Waals surface area contributed by atoms with Crippen molar-refractivity contribution >= 4 is 39.5 Å². The normalized spacial score (nSPS) is 24.8. The van der Waals surface area contributed by atoms with Gasteiger partial charge in [-0.25, -0.2) is 9.78 Å². The van der Waals surface area contributed by atoms with Crippen molar-refractivity contribution in [1.82, 2.24) is 20.2 Å². The van der Waals surface area contributed by atoms with Crippen molar-refractivity contribution in [2.24, 2.45) is 5.92 Å². The number of esters is 1. The smallest absolute Gasteiger partial charge is 0.326 e. The highest BCUT2D eigenvalue weighted by molar-refractivity contribution is 7.17. The van der Waals surface area contributed by atoms with Crippen LogP contribution in [-0.4, -0.2) is 44.9 Å². The Morgan fingerprint density at radius 2 is 2.21 bits per heavy atom. The molecule has 3 amide bonds. The summed E-state index contributed by atoms with van der Waals surface area (Å²) in [7, 11) is 0. The molecular weight excluding hydrogens is 384 g/mol. The monoisotopic (exact) mass is 404 g/mol. The molecule has 0 unspecified atom stereocenters. The maximum atomic E-state index is 12.9. The Bertz CT molecular complexity index is 1010. The number of carbonyl (C=O) groups is 3. The van der Waals surface area contributed by atoms with Gasteiger partial charge in [-0.15, -0.1) is 11.3 Å². The number of aromatic amines is 1. The van der Waals surface area contributed by atoms with Crippen LogP contribution in [-0.2, 0) is 20.9 Å². The number of aromatic nitrogens is 2. The average Bonchev–Trinajstić information content (AvgIpc) is 3.22. The van der Waals surface area contributed by atoms with Gasteiger partial charge in [0.05, 0.1) is 5.52 Å². The summed E-state index contributed by atoms with van der Waals surface area (Å²) in [5, 5.41) is 4.55. The van der Waals surface area contributed by atoms with Crippen molar-refractivity contribution in [3.05, 3.63) is 27.6 Å². The molecule has 1 spiro atoms. The van der Waals surface area contributed by atoms with Gasteiger partial charge in [-0.3, -0.25) is 19.3 Å². The zero-order valence-corrected chi connectivity index (χ0v) is 16.1. The van der Waals surface area contributed by atoms with E-state index >= 15 is 0 Å². The number of urea groups is 1. The van der Waals surface area contributed by atoms with E-state index in [2.05, 4.69) is 15.3 Å². The van der Waals surface area contributed by atoms with E-state index in [1.54, 1.807) is 11.4 Å². The predicted molar refractivity (Wildman–Crippen MR) is 101 cm³/mol. The third-order valence-electron chi connectivity index (χ3n) is 5.52. The molecule has 2 fully saturated rings. The first kappa shape index (κ1) is 18.6. The van der Waals surface area contributed by atoms with Gasteiger partial charge in [0, 0.05) is 0 Å². The molecule has 2 atom stereocenters. The van der Waals surface area contributed by atoms with Crippen molar-refractivity contribution in [2.75, 3.05) is 6.54 Å². The van der Waals surface area contributed by atoms with Crippen LogP contribution in [0.2, 0.25) is 0 Å². The number of nitrogens with one attached hydrogen (secondary N) is 2. The van der Waals surface area contributed by atoms with Crippen LogP contribution in [0.5, 0.6) is 0 Å². The van der Waals surface area contributed by atoms with Crippen molar-refractivity contribution in [3.8, 4) is 0 Å². The minimum atomic E-state index is -0.910. The molecule has 28 heavy (non-hydrogen) atoms. The minimum Gasteiger partial charge on any atom is -0.456 e. The fraction of sp³-hybridized carbons (Fsp3) is 0.500. The topological polar surface area (TPSA) is 121 Å². The van der Waals surface area contributed by atoms with Gasteiger partial charge in [0.15, 0.2) is 0 Å². The van der Waals surface area contributed by atoms with E-state index in [1.165, 1.54) is 11.3 Å². The van der Waals surface area contributed by atoms with Gasteiger partial charge in [0.2, 0.25) is 0 Å². The first-order valence-corrected chi connectivity index (χ1v) is 10.0. The number of ether oxygens (including phenoxy) is 1. The Morgan fingerprint density at radius 3 is 3.00 bits per heavy atom. The molecule has 0 aromatic carbocycles. The Morgan fingerprint density at radius 1 is 1.39 bits per heavy atom. The number of thiophene rings is 1. The molecule has 2 aliphatic rings. The van der Waals surface area contributed by atoms with Crippen LogP contribution in [0.25, 0.3) is 10.2 Å². The zero-order valence-electron chi connectivity index (χ0n) is 15.3. The number of rotatable bonds is 4. The third-order valence-corrected chi connectivity index (χ3v) is 6.42. The molecule has 0 bridgehead atoms. The first-order valence-electron chi connectivity index (χ1n) is 9.17. The van der Waals surface area contributed by atoms with E-state index in [-0.39, 0.29) is 29.8 Å². The summed E-state index contributed by atoms with van der Waals surface area (Å²) >= 11 is 1.28. The quantitative estimate of drug-likeness (QED) is 0.589. The predicted octanol–water partition coefficient (Wildman–Crippen LogP) is 1.53. The Kier molecular flexibility index (Phi) is 4.66. The highest BCUT2D eigenvalue weighted by Gasteiger charge is 2.55. The van der Waals surface area contributed by atoms with E-state index in [1.807, 2.05) is 6.92 Å². The largest absolute Gasteiger partial charge is 0.456 e. The molecule has 0 radical (unpaired) electrons. The number of H-pyrrole nitrogens is 1. The van der Waals surface area contributed by atoms with Crippen LogP contribution in [0, 0.1) is 5.92 Å². The van der Waals surface area contributed by atoms with Gasteiger partial charge >= 0.3 is 12.0 Å². The summed E-state index contributed by atoms with van der Waals surface area (Å²) in [4.78, 5) is 57.0. The van der Waals surface area contributed by atoms with Crippen molar-refractivity contribution < 1.29 is 19.1 Å². The maximum absolute atomic E-state index is 12.9. The Labute approximate surface area is 164 Å². The molecule has 1 aliphatic heterocycles. The van der Waals surface area contributed by atoms with Crippen LogP contribution in [0.3, 0.4) is 0 Å². The number of carbonyl (C=O) groups excluding carboxylic acids is 3. The molecule has 2 aromatic heterocycles. The third kappa shape index (κ3) is 3.07. The molecule has 1 saturated heterocycles. The SMILES string of the molecule is C[C@H]1CCCC[C@@]12NC(=O)N(CC(=O)OCc1nc3ccsc3c(=O)[nH]1)C2=O. The van der Waals surface area contributed by atoms with Gasteiger partial charge in [0.1, 0.15) is 29.2 Å². The lowest BCUT2D eigenvalue weighted by atomic mass is 9.73. The van der Waals surface area contributed by atoms with Gasteiger partial charge in [-0.05, 0) is 30.2 Å². The summed E-state index contributed by atoms with van der Waals surface area (Å²) in [5.41, 5.74) is -0.678. The second kappa shape index (κ2) is 7.01. The van der Waals surface area contributed by atoms with Crippen LogP contribution >= 0.6 is 11.3 Å². The lowest BCUT2D eigenvalue weighted by Gasteiger charge is -2.36. The number of fused-ring (bicyclic) bond motifs is 1. The summed E-state index contributed by atoms with van der Waals surface area (Å²) in [5.74, 6) is -0.880. The van der Waals surface area contributed by atoms with E-state index in [9.17, 15) is 19.2 Å². The first-order chi connectivity index (χ1) is 13.4. The lowest BCUT2D eigenvalue weighted by molar-refractivity contribution is -0.149. The van der Waals surface area contributed by atoms with Gasteiger partial charge < -0.3 is 15.0 Å². The van der Waals surface area contributed by atoms with Gasteiger partial charge in [0.25, 0.3) is 11.5 Å². The van der Waals surface area contributed by atoms with E-state index in [4.69, 9.17) is 4.74 Å². The number of nitrogens with zero attached hydrogens (tertiary/aromatic N) is 2. The molecule has 4 rings (SSSR count). The molecule has 1 aliphatic carbocycles. The summed E-state index contributed by atoms with van der Waals surface area (Å²) < 4.78 is 5.63. The fourth-order valence-electron chi connectivity index (χ4n) is 3.95. The summed E-state index contributed by atoms with van der Waals surface area (Å²) in [6.07, 6.45) is 3.32. The van der Waals surface area contributed by atoms with Gasteiger partial charge in [-0.1, -0.05) is 19.8 Å². The number of imide groups is 1. The fourth-order valence-corrected chi connectivity index (χ4v) is 4.68. The highest BCUT2D eigenvalue weighted by Crippen LogP contribution is 2.38.